The molecule has 0 radical (unpaired) electrons. The Labute approximate surface area is 242 Å². The number of fused-ring (bicyclic) bond motifs is 1. The van der Waals surface area contributed by atoms with E-state index in [2.05, 4.69) is 20.0 Å². The number of nitrogens with two attached hydrogens (primary N) is 1. The largest absolute Gasteiger partial charge is 0.462 e. The van der Waals surface area contributed by atoms with Crippen LogP contribution in [0.2, 0.25) is 0 Å². The molecule has 0 saturated carbocycles. The zero-order valence-corrected chi connectivity index (χ0v) is 25.3. The fourth-order valence-corrected chi connectivity index (χ4v) is 5.94. The molecule has 0 amide bonds. The molecule has 1 saturated heterocycles. The lowest BCUT2D eigenvalue weighted by atomic mass is 9.88. The van der Waals surface area contributed by atoms with E-state index in [4.69, 9.17) is 24.3 Å². The van der Waals surface area contributed by atoms with Crippen molar-refractivity contribution in [2.45, 2.75) is 64.5 Å². The lowest BCUT2D eigenvalue weighted by Gasteiger charge is -2.29. The number of halogens is 2. The van der Waals surface area contributed by atoms with E-state index in [-0.39, 0.29) is 17.3 Å². The second kappa shape index (κ2) is 11.7. The standard InChI is InChI=1S/C26H36F2N7O6P/c1-15(2)39-22(36)16(3)33-42(37,41-18-11-9-8-10-12-18)38-13-26(28)17(4)25(5,27)23(40-26)35-14-30-19-20(34(6)7)31-24(29)32-21(19)35/h8-12,14-17,23H,13H2,1-7H3,(H,33,37)(H2,29,31,32)/t16-,17-,23+,25+,26+,42?/m0/s1. The molecule has 2 aromatic heterocycles. The monoisotopic (exact) mass is 611 g/mol. The van der Waals surface area contributed by atoms with Crippen molar-refractivity contribution in [2.75, 3.05) is 31.3 Å². The van der Waals surface area contributed by atoms with Gasteiger partial charge < -0.3 is 24.6 Å². The van der Waals surface area contributed by atoms with Gasteiger partial charge in [-0.05, 0) is 39.8 Å². The number of nitrogen functional groups attached to an aromatic ring is 1. The third-order valence-electron chi connectivity index (χ3n) is 6.84. The van der Waals surface area contributed by atoms with Crippen LogP contribution < -0.4 is 20.2 Å². The van der Waals surface area contributed by atoms with Crippen LogP contribution >= 0.6 is 7.75 Å². The van der Waals surface area contributed by atoms with Gasteiger partial charge in [-0.1, -0.05) is 25.1 Å². The van der Waals surface area contributed by atoms with Crippen molar-refractivity contribution in [1.29, 1.82) is 0 Å². The maximum Gasteiger partial charge on any atom is 0.459 e. The first-order chi connectivity index (χ1) is 19.6. The highest BCUT2D eigenvalue weighted by Crippen LogP contribution is 2.54. The van der Waals surface area contributed by atoms with Crippen LogP contribution in [-0.2, 0) is 23.4 Å². The first-order valence-corrected chi connectivity index (χ1v) is 14.8. The lowest BCUT2D eigenvalue weighted by molar-refractivity contribution is -0.188. The molecule has 1 fully saturated rings. The predicted molar refractivity (Wildman–Crippen MR) is 151 cm³/mol. The number of aromatic nitrogens is 4. The number of nitrogens with zero attached hydrogens (tertiary/aromatic N) is 5. The molecule has 13 nitrogen and oxygen atoms in total. The Kier molecular flexibility index (Phi) is 8.79. The molecule has 0 spiro atoms. The van der Waals surface area contributed by atoms with Gasteiger partial charge in [0.05, 0.1) is 18.3 Å². The van der Waals surface area contributed by atoms with E-state index in [9.17, 15) is 9.36 Å². The summed E-state index contributed by atoms with van der Waals surface area (Å²) in [5.41, 5.74) is 4.00. The molecular formula is C26H36F2N7O6P. The van der Waals surface area contributed by atoms with Crippen LogP contribution in [0.25, 0.3) is 11.2 Å². The number of alkyl halides is 2. The van der Waals surface area contributed by atoms with Crippen LogP contribution in [-0.4, -0.2) is 69.9 Å². The Morgan fingerprint density at radius 1 is 1.24 bits per heavy atom. The molecule has 1 unspecified atom stereocenters. The van der Waals surface area contributed by atoms with Gasteiger partial charge in [-0.25, -0.2) is 18.3 Å². The Morgan fingerprint density at radius 2 is 1.90 bits per heavy atom. The maximum atomic E-state index is 16.5. The highest BCUT2D eigenvalue weighted by atomic mass is 31.2. The van der Waals surface area contributed by atoms with E-state index < -0.39 is 56.1 Å². The number of anilines is 2. The molecule has 4 rings (SSSR count). The zero-order valence-electron chi connectivity index (χ0n) is 24.4. The molecule has 16 heteroatoms. The molecule has 3 heterocycles. The second-order valence-corrected chi connectivity index (χ2v) is 12.5. The molecule has 1 aromatic carbocycles. The summed E-state index contributed by atoms with van der Waals surface area (Å²) in [6.07, 6.45) is -0.731. The van der Waals surface area contributed by atoms with E-state index in [1.807, 2.05) is 0 Å². The Balaban J connectivity index is 1.62. The summed E-state index contributed by atoms with van der Waals surface area (Å²) in [6.45, 7) is 6.17. The summed E-state index contributed by atoms with van der Waals surface area (Å²) in [5, 5.41) is 2.48. The summed E-state index contributed by atoms with van der Waals surface area (Å²) in [7, 11) is -1.00. The number of hydrogen-bond donors (Lipinski definition) is 2. The molecule has 1 aliphatic heterocycles. The SMILES string of the molecule is CC(C)OC(=O)[C@H](C)NP(=O)(OC[C@@]1(F)O[C@@H](n2cnc3c(N(C)C)nc(N)nc32)[C@](C)(F)[C@@H]1C)Oc1ccccc1. The fraction of sp³-hybridized carbons (Fsp3) is 0.538. The highest BCUT2D eigenvalue weighted by Gasteiger charge is 2.63. The lowest BCUT2D eigenvalue weighted by Crippen LogP contribution is -2.41. The topological polar surface area (TPSA) is 156 Å². The van der Waals surface area contributed by atoms with Gasteiger partial charge in [-0.3, -0.25) is 13.9 Å². The number of imidazole rings is 1. The Hall–Kier alpha value is -3.39. The molecule has 230 valence electrons. The highest BCUT2D eigenvalue weighted by molar-refractivity contribution is 7.52. The first-order valence-electron chi connectivity index (χ1n) is 13.3. The number of rotatable bonds is 11. The third kappa shape index (κ3) is 6.33. The average molecular weight is 612 g/mol. The maximum absolute atomic E-state index is 16.5. The van der Waals surface area contributed by atoms with Crippen molar-refractivity contribution in [3.8, 4) is 5.75 Å². The molecule has 0 aliphatic carbocycles. The zero-order chi connectivity index (χ0) is 31.0. The minimum absolute atomic E-state index is 0.0930. The van der Waals surface area contributed by atoms with Gasteiger partial charge in [0.25, 0.3) is 0 Å². The van der Waals surface area contributed by atoms with Crippen LogP contribution in [0.4, 0.5) is 20.5 Å². The van der Waals surface area contributed by atoms with Crippen molar-refractivity contribution >= 4 is 36.6 Å². The predicted octanol–water partition coefficient (Wildman–Crippen LogP) is 4.17. The number of carbonyl (C=O) groups excluding carboxylic acids is 1. The molecule has 0 bridgehead atoms. The number of hydrogen-bond acceptors (Lipinski definition) is 11. The summed E-state index contributed by atoms with van der Waals surface area (Å²) in [5.74, 6) is -4.55. The third-order valence-corrected chi connectivity index (χ3v) is 8.46. The molecular weight excluding hydrogens is 575 g/mol. The summed E-state index contributed by atoms with van der Waals surface area (Å²) >= 11 is 0. The van der Waals surface area contributed by atoms with Crippen molar-refractivity contribution < 1.29 is 36.7 Å². The van der Waals surface area contributed by atoms with Gasteiger partial charge in [-0.15, -0.1) is 0 Å². The molecule has 3 aromatic rings. The number of carbonyl (C=O) groups is 1. The van der Waals surface area contributed by atoms with Crippen LogP contribution in [0.5, 0.6) is 5.75 Å². The van der Waals surface area contributed by atoms with Crippen LogP contribution in [0, 0.1) is 5.92 Å². The minimum Gasteiger partial charge on any atom is -0.462 e. The normalized spacial score (nSPS) is 26.2. The molecule has 1 aliphatic rings. The van der Waals surface area contributed by atoms with Gasteiger partial charge >= 0.3 is 13.7 Å². The van der Waals surface area contributed by atoms with Crippen molar-refractivity contribution in [2.24, 2.45) is 5.92 Å². The fourth-order valence-electron chi connectivity index (χ4n) is 4.43. The number of nitrogens with one attached hydrogen (secondary N) is 1. The molecule has 3 N–H and O–H groups in total. The van der Waals surface area contributed by atoms with Crippen molar-refractivity contribution in [3.05, 3.63) is 36.7 Å². The number of para-hydroxylation sites is 1. The summed E-state index contributed by atoms with van der Waals surface area (Å²) in [4.78, 5) is 26.7. The van der Waals surface area contributed by atoms with Gasteiger partial charge in [-0.2, -0.15) is 15.1 Å². The van der Waals surface area contributed by atoms with E-state index >= 15 is 8.78 Å². The smallest absolute Gasteiger partial charge is 0.459 e. The molecule has 6 atom stereocenters. The second-order valence-electron chi connectivity index (χ2n) is 10.8. The van der Waals surface area contributed by atoms with E-state index in [0.29, 0.717) is 11.3 Å². The Morgan fingerprint density at radius 3 is 2.52 bits per heavy atom. The van der Waals surface area contributed by atoms with E-state index in [0.717, 1.165) is 0 Å². The van der Waals surface area contributed by atoms with Gasteiger partial charge in [0.15, 0.2) is 28.9 Å². The average Bonchev–Trinajstić information content (AvgIpc) is 3.39. The molecule has 42 heavy (non-hydrogen) atoms. The number of benzene rings is 1. The van der Waals surface area contributed by atoms with E-state index in [1.165, 1.54) is 43.8 Å². The van der Waals surface area contributed by atoms with Crippen molar-refractivity contribution in [3.63, 3.8) is 0 Å². The van der Waals surface area contributed by atoms with Crippen molar-refractivity contribution in [1.82, 2.24) is 24.6 Å². The van der Waals surface area contributed by atoms with Crippen LogP contribution in [0.15, 0.2) is 36.7 Å². The summed E-state index contributed by atoms with van der Waals surface area (Å²) < 4.78 is 69.8. The van der Waals surface area contributed by atoms with E-state index in [1.54, 1.807) is 51.0 Å². The van der Waals surface area contributed by atoms with Gasteiger partial charge in [0, 0.05) is 14.1 Å². The Bertz CT molecular complexity index is 1470. The quantitative estimate of drug-likeness (QED) is 0.236. The van der Waals surface area contributed by atoms with Crippen LogP contribution in [0.1, 0.15) is 40.8 Å². The number of esters is 1. The minimum atomic E-state index is -4.46. The van der Waals surface area contributed by atoms with Gasteiger partial charge in [0.1, 0.15) is 18.4 Å². The number of ether oxygens (including phenoxy) is 2. The summed E-state index contributed by atoms with van der Waals surface area (Å²) in [6, 6.07) is 6.81. The first kappa shape index (κ1) is 31.5. The van der Waals surface area contributed by atoms with Crippen LogP contribution in [0.3, 0.4) is 0 Å². The van der Waals surface area contributed by atoms with Gasteiger partial charge in [0.2, 0.25) is 11.8 Å².